The van der Waals surface area contributed by atoms with E-state index in [0.29, 0.717) is 22.5 Å². The highest BCUT2D eigenvalue weighted by Gasteiger charge is 2.32. The molecular formula is C17H16N2O6. The quantitative estimate of drug-likeness (QED) is 0.843. The fourth-order valence-electron chi connectivity index (χ4n) is 2.39. The standard InChI is InChI=1S/C17H16N2O6/c1-9(20)23-6-4-5-10-15(16(21)22)19-12-8-14-13(7-11(12)18-10)24-17(2,3)25-14/h4-5,7-8H,6H2,1-3H3,(H,21,22). The number of aromatic nitrogens is 2. The molecule has 0 bridgehead atoms. The summed E-state index contributed by atoms with van der Waals surface area (Å²) < 4.78 is 16.1. The number of fused-ring (bicyclic) bond motifs is 2. The van der Waals surface area contributed by atoms with Gasteiger partial charge in [0, 0.05) is 32.9 Å². The lowest BCUT2D eigenvalue weighted by Crippen LogP contribution is -2.29. The molecule has 0 fully saturated rings. The van der Waals surface area contributed by atoms with Crippen LogP contribution in [0.15, 0.2) is 18.2 Å². The lowest BCUT2D eigenvalue weighted by atomic mass is 10.2. The van der Waals surface area contributed by atoms with Crippen molar-refractivity contribution in [1.29, 1.82) is 0 Å². The predicted molar refractivity (Wildman–Crippen MR) is 87.5 cm³/mol. The molecular weight excluding hydrogens is 328 g/mol. The van der Waals surface area contributed by atoms with Crippen molar-refractivity contribution in [1.82, 2.24) is 9.97 Å². The van der Waals surface area contributed by atoms with Gasteiger partial charge in [0.05, 0.1) is 16.7 Å². The number of ether oxygens (including phenoxy) is 3. The topological polar surface area (TPSA) is 108 Å². The number of carboxylic acids is 1. The Morgan fingerprint density at radius 1 is 1.20 bits per heavy atom. The van der Waals surface area contributed by atoms with Gasteiger partial charge in [0.15, 0.2) is 17.2 Å². The zero-order valence-electron chi connectivity index (χ0n) is 13.9. The van der Waals surface area contributed by atoms with Gasteiger partial charge in [-0.25, -0.2) is 14.8 Å². The zero-order valence-corrected chi connectivity index (χ0v) is 13.9. The molecule has 8 nitrogen and oxygen atoms in total. The van der Waals surface area contributed by atoms with Gasteiger partial charge < -0.3 is 19.3 Å². The van der Waals surface area contributed by atoms with Crippen molar-refractivity contribution in [3.63, 3.8) is 0 Å². The summed E-state index contributed by atoms with van der Waals surface area (Å²) in [6, 6.07) is 3.26. The van der Waals surface area contributed by atoms with E-state index in [9.17, 15) is 14.7 Å². The van der Waals surface area contributed by atoms with E-state index in [4.69, 9.17) is 14.2 Å². The summed E-state index contributed by atoms with van der Waals surface area (Å²) in [6.07, 6.45) is 2.95. The Kier molecular flexibility index (Phi) is 4.03. The third kappa shape index (κ3) is 3.52. The van der Waals surface area contributed by atoms with Gasteiger partial charge >= 0.3 is 11.9 Å². The Hall–Kier alpha value is -3.16. The first kappa shape index (κ1) is 16.7. The number of hydrogen-bond donors (Lipinski definition) is 1. The average molecular weight is 344 g/mol. The Bertz CT molecular complexity index is 904. The van der Waals surface area contributed by atoms with Crippen LogP contribution >= 0.6 is 0 Å². The van der Waals surface area contributed by atoms with Crippen LogP contribution in [0.3, 0.4) is 0 Å². The number of esters is 1. The predicted octanol–water partition coefficient (Wildman–Crippen LogP) is 2.41. The number of aromatic carboxylic acids is 1. The van der Waals surface area contributed by atoms with Crippen molar-refractivity contribution >= 4 is 29.0 Å². The van der Waals surface area contributed by atoms with Crippen LogP contribution in [0.25, 0.3) is 17.1 Å². The van der Waals surface area contributed by atoms with Gasteiger partial charge in [0.2, 0.25) is 5.79 Å². The van der Waals surface area contributed by atoms with Crippen LogP contribution in [0.5, 0.6) is 11.5 Å². The van der Waals surface area contributed by atoms with Gasteiger partial charge in [-0.05, 0) is 12.2 Å². The molecule has 2 aromatic rings. The van der Waals surface area contributed by atoms with E-state index in [1.807, 2.05) is 0 Å². The third-order valence-corrected chi connectivity index (χ3v) is 3.33. The van der Waals surface area contributed by atoms with Crippen LogP contribution in [0.1, 0.15) is 37.0 Å². The van der Waals surface area contributed by atoms with Crippen LogP contribution in [0, 0.1) is 0 Å². The Labute approximate surface area is 143 Å². The van der Waals surface area contributed by atoms with Gasteiger partial charge in [0.25, 0.3) is 0 Å². The summed E-state index contributed by atoms with van der Waals surface area (Å²) in [5, 5.41) is 9.37. The molecule has 0 saturated heterocycles. The van der Waals surface area contributed by atoms with Crippen molar-refractivity contribution in [3.05, 3.63) is 29.6 Å². The van der Waals surface area contributed by atoms with E-state index in [0.717, 1.165) is 0 Å². The zero-order chi connectivity index (χ0) is 18.2. The second-order valence-electron chi connectivity index (χ2n) is 5.86. The number of carbonyl (C=O) groups excluding carboxylic acids is 1. The molecule has 0 saturated carbocycles. The number of carbonyl (C=O) groups is 2. The number of benzene rings is 1. The molecule has 2 heterocycles. The average Bonchev–Trinajstić information content (AvgIpc) is 2.80. The van der Waals surface area contributed by atoms with E-state index >= 15 is 0 Å². The van der Waals surface area contributed by atoms with Gasteiger partial charge in [-0.1, -0.05) is 0 Å². The maximum atomic E-state index is 11.5. The fraction of sp³-hybridized carbons (Fsp3) is 0.294. The molecule has 1 aromatic carbocycles. The van der Waals surface area contributed by atoms with Crippen LogP contribution in [-0.2, 0) is 9.53 Å². The molecule has 0 spiro atoms. The van der Waals surface area contributed by atoms with Gasteiger partial charge in [-0.15, -0.1) is 0 Å². The highest BCUT2D eigenvalue weighted by Crippen LogP contribution is 2.41. The van der Waals surface area contributed by atoms with E-state index < -0.39 is 17.7 Å². The van der Waals surface area contributed by atoms with Crippen LogP contribution in [0.4, 0.5) is 0 Å². The molecule has 1 aromatic heterocycles. The first-order valence-electron chi connectivity index (χ1n) is 7.52. The van der Waals surface area contributed by atoms with Crippen molar-refractivity contribution in [3.8, 4) is 11.5 Å². The Morgan fingerprint density at radius 2 is 1.80 bits per heavy atom. The fourth-order valence-corrected chi connectivity index (χ4v) is 2.39. The molecule has 0 aliphatic carbocycles. The van der Waals surface area contributed by atoms with E-state index in [-0.39, 0.29) is 18.0 Å². The van der Waals surface area contributed by atoms with Crippen molar-refractivity contribution in [2.24, 2.45) is 0 Å². The van der Waals surface area contributed by atoms with Gasteiger partial charge in [-0.3, -0.25) is 4.79 Å². The molecule has 1 N–H and O–H groups in total. The molecule has 8 heteroatoms. The molecule has 0 atom stereocenters. The van der Waals surface area contributed by atoms with Crippen LogP contribution < -0.4 is 9.47 Å². The summed E-state index contributed by atoms with van der Waals surface area (Å²) in [5.74, 6) is -1.43. The highest BCUT2D eigenvalue weighted by atomic mass is 16.7. The third-order valence-electron chi connectivity index (χ3n) is 3.33. The first-order valence-corrected chi connectivity index (χ1v) is 7.52. The Morgan fingerprint density at radius 3 is 2.36 bits per heavy atom. The second-order valence-corrected chi connectivity index (χ2v) is 5.86. The minimum absolute atomic E-state index is 0.0173. The van der Waals surface area contributed by atoms with Gasteiger partial charge in [0.1, 0.15) is 6.61 Å². The van der Waals surface area contributed by atoms with E-state index in [2.05, 4.69) is 9.97 Å². The summed E-state index contributed by atoms with van der Waals surface area (Å²) in [6.45, 7) is 4.84. The summed E-state index contributed by atoms with van der Waals surface area (Å²) in [4.78, 5) is 30.7. The summed E-state index contributed by atoms with van der Waals surface area (Å²) in [5.41, 5.74) is 0.807. The summed E-state index contributed by atoms with van der Waals surface area (Å²) in [7, 11) is 0. The minimum atomic E-state index is -1.21. The molecule has 0 unspecified atom stereocenters. The molecule has 0 radical (unpaired) electrons. The smallest absolute Gasteiger partial charge is 0.356 e. The number of carboxylic acid groups (broad SMARTS) is 1. The van der Waals surface area contributed by atoms with Crippen molar-refractivity contribution in [2.45, 2.75) is 26.6 Å². The molecule has 1 aliphatic heterocycles. The lowest BCUT2D eigenvalue weighted by molar-refractivity contribution is -0.139. The Balaban J connectivity index is 2.02. The van der Waals surface area contributed by atoms with E-state index in [1.165, 1.54) is 19.1 Å². The maximum absolute atomic E-state index is 11.5. The molecule has 3 rings (SSSR count). The highest BCUT2D eigenvalue weighted by molar-refractivity contribution is 5.92. The first-order chi connectivity index (χ1) is 11.7. The van der Waals surface area contributed by atoms with Gasteiger partial charge in [-0.2, -0.15) is 0 Å². The second kappa shape index (κ2) is 6.04. The normalized spacial score (nSPS) is 14.8. The van der Waals surface area contributed by atoms with Crippen molar-refractivity contribution < 1.29 is 28.9 Å². The SMILES string of the molecule is CC(=O)OCC=Cc1nc2cc3c(cc2nc1C(=O)O)OC(C)(C)O3. The van der Waals surface area contributed by atoms with Crippen molar-refractivity contribution in [2.75, 3.05) is 6.61 Å². The lowest BCUT2D eigenvalue weighted by Gasteiger charge is -2.16. The summed E-state index contributed by atoms with van der Waals surface area (Å²) >= 11 is 0. The van der Waals surface area contributed by atoms with Crippen LogP contribution in [0.2, 0.25) is 0 Å². The molecule has 0 amide bonds. The molecule has 25 heavy (non-hydrogen) atoms. The monoisotopic (exact) mass is 344 g/mol. The number of nitrogens with zero attached hydrogens (tertiary/aromatic N) is 2. The maximum Gasteiger partial charge on any atom is 0.356 e. The molecule has 130 valence electrons. The number of rotatable bonds is 4. The molecule has 1 aliphatic rings. The van der Waals surface area contributed by atoms with Crippen LogP contribution in [-0.4, -0.2) is 39.4 Å². The minimum Gasteiger partial charge on any atom is -0.476 e. The largest absolute Gasteiger partial charge is 0.476 e. The van der Waals surface area contributed by atoms with E-state index in [1.54, 1.807) is 26.0 Å². The number of hydrogen-bond acceptors (Lipinski definition) is 7.